The van der Waals surface area contributed by atoms with E-state index in [2.05, 4.69) is 73.1 Å². The van der Waals surface area contributed by atoms with Crippen molar-refractivity contribution in [1.82, 2.24) is 0 Å². The molecule has 1 nitrogen and oxygen atoms in total. The molecule has 0 aliphatic heterocycles. The van der Waals surface area contributed by atoms with Crippen LogP contribution in [0.25, 0.3) is 0 Å². The van der Waals surface area contributed by atoms with E-state index in [1.807, 2.05) is 406 Å². The van der Waals surface area contributed by atoms with Crippen molar-refractivity contribution < 1.29 is 48.6 Å². The second kappa shape index (κ2) is 164. The highest BCUT2D eigenvalue weighted by molar-refractivity contribution is 9.10. The lowest BCUT2D eigenvalue weighted by Crippen LogP contribution is -2.03. The molecular weight excluding hydrogens is 1690 g/mol. The molecule has 0 atom stereocenters. The molecule has 0 spiro atoms. The number of hydrogen-bond donors (Lipinski definition) is 0. The molecule has 0 aromatic heterocycles. The highest BCUT2D eigenvalue weighted by Gasteiger charge is 2.29. The van der Waals surface area contributed by atoms with Crippen molar-refractivity contribution in [2.45, 2.75) is 325 Å². The summed E-state index contributed by atoms with van der Waals surface area (Å²) in [7, 11) is 1.68. The molecule has 0 heterocycles. The molecule has 0 bridgehead atoms. The molecule has 0 fully saturated rings. The van der Waals surface area contributed by atoms with Gasteiger partial charge in [0.15, 0.2) is 0 Å². The summed E-state index contributed by atoms with van der Waals surface area (Å²) in [5.41, 5.74) is 6.27. The lowest BCUT2D eigenvalue weighted by atomic mass is 10.2. The minimum atomic E-state index is -4.21. The van der Waals surface area contributed by atoms with Gasteiger partial charge < -0.3 is 4.74 Å². The molecular formula is C114H190BrClF10O. The van der Waals surface area contributed by atoms with E-state index >= 15 is 0 Å². The summed E-state index contributed by atoms with van der Waals surface area (Å²) >= 11 is 8.85. The van der Waals surface area contributed by atoms with Crippen LogP contribution in [0, 0.1) is 82.3 Å². The minimum Gasteiger partial charge on any atom is -0.497 e. The third-order valence-corrected chi connectivity index (χ3v) is 11.1. The van der Waals surface area contributed by atoms with Gasteiger partial charge in [0.25, 0.3) is 0 Å². The van der Waals surface area contributed by atoms with Crippen molar-refractivity contribution in [3.63, 3.8) is 0 Å². The Balaban J connectivity index is -0.0000000530. The Bertz CT molecular complexity index is 3090. The second-order valence-electron chi connectivity index (χ2n) is 18.0. The van der Waals surface area contributed by atoms with E-state index in [9.17, 15) is 43.9 Å². The number of ether oxygens (including phenoxy) is 1. The maximum atomic E-state index is 12.3. The van der Waals surface area contributed by atoms with Gasteiger partial charge in [-0.1, -0.05) is 509 Å². The van der Waals surface area contributed by atoms with Crippen molar-refractivity contribution in [3.8, 4) is 5.75 Å². The highest BCUT2D eigenvalue weighted by Crippen LogP contribution is 2.28. The van der Waals surface area contributed by atoms with E-state index in [4.69, 9.17) is 16.3 Å². The van der Waals surface area contributed by atoms with Crippen molar-refractivity contribution >= 4 is 27.5 Å². The van der Waals surface area contributed by atoms with Crippen LogP contribution < -0.4 is 4.74 Å². The molecule has 0 unspecified atom stereocenters. The first-order valence-electron chi connectivity index (χ1n) is 46.6. The van der Waals surface area contributed by atoms with Crippen LogP contribution in [0.2, 0.25) is 5.02 Å². The van der Waals surface area contributed by atoms with Gasteiger partial charge in [-0.2, -0.15) is 13.2 Å². The second-order valence-corrected chi connectivity index (χ2v) is 19.4. The summed E-state index contributed by atoms with van der Waals surface area (Å²) < 4.78 is 126. The van der Waals surface area contributed by atoms with Crippen LogP contribution in [0.15, 0.2) is 302 Å². The SMILES string of the molecule is Brc1ccccc1.CC.CC.CC.CC.CC.CC.CC.CC.CC.CC.CC.CC.CC.CC.CC.CC.CC.CC.CC.CC.COc1cccc(C)c1.Cc1ccc(C)cc1.Cc1cccc(F)c1.Cc1ccccc1.Cc1ccccc1F.Clc1ccccc1.FC(F)(F)c1ccccc1.Fc1ccc(F)cc1.Fc1cccc(F)c1.Fc1ccccc1. The third kappa shape index (κ3) is 155. The molecule has 0 amide bonds. The van der Waals surface area contributed by atoms with Gasteiger partial charge in [0.05, 0.1) is 12.7 Å². The number of aryl methyl sites for hydroxylation is 6. The number of halogens is 12. The van der Waals surface area contributed by atoms with E-state index < -0.39 is 35.0 Å². The fraction of sp³-hybridized carbons (Fsp3) is 0.421. The van der Waals surface area contributed by atoms with Gasteiger partial charge in [-0.05, 0) is 161 Å². The first-order valence-corrected chi connectivity index (χ1v) is 47.8. The van der Waals surface area contributed by atoms with Gasteiger partial charge >= 0.3 is 6.18 Å². The summed E-state index contributed by atoms with van der Waals surface area (Å²) in [5, 5.41) is 0.794. The zero-order chi connectivity index (χ0) is 105. The van der Waals surface area contributed by atoms with Crippen LogP contribution >= 0.6 is 27.5 Å². The number of methoxy groups -OCH3 is 1. The Morgan fingerprint density at radius 2 is 0.441 bits per heavy atom. The summed E-state index contributed by atoms with van der Waals surface area (Å²) in [4.78, 5) is 0. The molecule has 11 rings (SSSR count). The van der Waals surface area contributed by atoms with Crippen LogP contribution in [-0.4, -0.2) is 7.11 Å². The van der Waals surface area contributed by atoms with Crippen LogP contribution in [0.5, 0.6) is 5.75 Å². The Morgan fingerprint density at radius 1 is 0.220 bits per heavy atom. The summed E-state index contributed by atoms with van der Waals surface area (Å²) in [6.07, 6.45) is -4.21. The maximum absolute atomic E-state index is 12.3. The van der Waals surface area contributed by atoms with Crippen LogP contribution in [0.3, 0.4) is 0 Å². The summed E-state index contributed by atoms with van der Waals surface area (Å²) in [6, 6.07) is 82.5. The quantitative estimate of drug-likeness (QED) is 0.149. The molecule has 11 aromatic rings. The van der Waals surface area contributed by atoms with E-state index in [1.165, 1.54) is 82.9 Å². The van der Waals surface area contributed by atoms with Gasteiger partial charge in [-0.15, -0.1) is 0 Å². The molecule has 736 valence electrons. The number of hydrogen-bond acceptors (Lipinski definition) is 1. The van der Waals surface area contributed by atoms with Crippen molar-refractivity contribution in [3.05, 3.63) is 386 Å². The number of alkyl halides is 3. The third-order valence-electron chi connectivity index (χ3n) is 10.3. The summed E-state index contributed by atoms with van der Waals surface area (Å²) in [6.45, 7) is 91.9. The first-order chi connectivity index (χ1) is 61.5. The number of benzene rings is 11. The number of rotatable bonds is 1. The zero-order valence-electron chi connectivity index (χ0n) is 89.2. The van der Waals surface area contributed by atoms with Gasteiger partial charge in [0, 0.05) is 15.6 Å². The van der Waals surface area contributed by atoms with Gasteiger partial charge in [0.1, 0.15) is 46.5 Å². The molecule has 0 saturated carbocycles. The summed E-state index contributed by atoms with van der Waals surface area (Å²) in [5.74, 6) is -1.44. The molecule has 11 aromatic carbocycles. The minimum absolute atomic E-state index is 0.132. The smallest absolute Gasteiger partial charge is 0.416 e. The zero-order valence-corrected chi connectivity index (χ0v) is 91.6. The van der Waals surface area contributed by atoms with E-state index in [-0.39, 0.29) is 17.5 Å². The topological polar surface area (TPSA) is 9.23 Å². The predicted octanol–water partition coefficient (Wildman–Crippen LogP) is 44.3. The molecule has 0 aliphatic rings. The van der Waals surface area contributed by atoms with Gasteiger partial charge in [-0.3, -0.25) is 0 Å². The van der Waals surface area contributed by atoms with Crippen LogP contribution in [0.4, 0.5) is 43.9 Å². The lowest BCUT2D eigenvalue weighted by molar-refractivity contribution is -0.137. The van der Waals surface area contributed by atoms with Crippen LogP contribution in [-0.2, 0) is 6.18 Å². The molecule has 0 radical (unpaired) electrons. The highest BCUT2D eigenvalue weighted by atomic mass is 79.9. The van der Waals surface area contributed by atoms with E-state index in [0.717, 1.165) is 63.3 Å². The monoisotopic (exact) mass is 1880 g/mol. The Kier molecular flexibility index (Phi) is 218. The first kappa shape index (κ1) is 168. The molecule has 0 N–H and O–H groups in total. The average Bonchev–Trinajstić information content (AvgIpc) is 0.878. The van der Waals surface area contributed by atoms with Crippen molar-refractivity contribution in [1.29, 1.82) is 0 Å². The molecule has 13 heteroatoms. The maximum Gasteiger partial charge on any atom is 0.416 e. The Hall–Kier alpha value is -8.71. The molecule has 0 aliphatic carbocycles. The Morgan fingerprint density at radius 3 is 0.606 bits per heavy atom. The lowest BCUT2D eigenvalue weighted by Gasteiger charge is -2.03. The van der Waals surface area contributed by atoms with Gasteiger partial charge in [-0.25, -0.2) is 30.7 Å². The normalized spacial score (nSPS) is 7.33. The predicted molar refractivity (Wildman–Crippen MR) is 570 cm³/mol. The van der Waals surface area contributed by atoms with E-state index in [1.54, 1.807) is 56.5 Å². The van der Waals surface area contributed by atoms with E-state index in [0.29, 0.717) is 5.56 Å². The standard InChI is InChI=1S/C8H10O.C8H10.C7H5F3.2C7H7F.C7H8.C6H5Br.C6H5Cl.2C6H4F2.C6H5F.20C2H6/c1-7-4-3-5-8(6-7)9-2;1-7-3-5-8(2)6-4-7;8-7(9,10)6-4-2-1-3-5-6;1-6-3-2-4-7(8)5-6;1-6-4-2-3-5-7(6)8;1-7-5-3-2-4-6-7;2*7-6-4-2-1-3-5-6;7-5-1-2-6(8)4-3-5;7-5-2-1-3-6(8)4-5;7-6-4-2-1-3-5-6;20*1-2/h3-6H,1-2H3;3-6H,1-2H3;1-5H;2*2-5H,1H3;2-6H,1H3;2*1-5H;2*1-4H;1-5H;20*1-2H3. The van der Waals surface area contributed by atoms with Crippen LogP contribution in [0.1, 0.15) is 316 Å². The van der Waals surface area contributed by atoms with Crippen molar-refractivity contribution in [2.24, 2.45) is 0 Å². The van der Waals surface area contributed by atoms with Crippen molar-refractivity contribution in [2.75, 3.05) is 7.11 Å². The fourth-order valence-corrected chi connectivity index (χ4v) is 6.28. The fourth-order valence-electron chi connectivity index (χ4n) is 5.83. The Labute approximate surface area is 795 Å². The van der Waals surface area contributed by atoms with Gasteiger partial charge in [0.2, 0.25) is 0 Å². The molecule has 127 heavy (non-hydrogen) atoms. The largest absolute Gasteiger partial charge is 0.497 e. The molecule has 0 saturated heterocycles. The average molecular weight is 1880 g/mol.